The Morgan fingerprint density at radius 1 is 1.38 bits per heavy atom. The Morgan fingerprint density at radius 3 is 3.14 bits per heavy atom. The first-order valence-electron chi connectivity index (χ1n) is 8.07. The third kappa shape index (κ3) is 2.05. The van der Waals surface area contributed by atoms with Gasteiger partial charge in [-0.3, -0.25) is 9.30 Å². The average molecular weight is 303 g/mol. The van der Waals surface area contributed by atoms with Crippen molar-refractivity contribution in [2.75, 3.05) is 26.3 Å². The minimum Gasteiger partial charge on any atom is -0.381 e. The van der Waals surface area contributed by atoms with Crippen LogP contribution >= 0.6 is 11.3 Å². The molecule has 112 valence electrons. The molecule has 1 aliphatic carbocycles. The molecular weight excluding hydrogens is 282 g/mol. The van der Waals surface area contributed by atoms with Crippen molar-refractivity contribution in [3.8, 4) is 0 Å². The summed E-state index contributed by atoms with van der Waals surface area (Å²) in [6.45, 7) is 5.41. The maximum Gasteiger partial charge on any atom is 0.194 e. The Balaban J connectivity index is 1.43. The lowest BCUT2D eigenvalue weighted by atomic mass is 9.87. The van der Waals surface area contributed by atoms with Gasteiger partial charge in [-0.2, -0.15) is 0 Å². The zero-order valence-electron chi connectivity index (χ0n) is 12.3. The molecule has 0 unspecified atom stereocenters. The van der Waals surface area contributed by atoms with E-state index in [1.807, 2.05) is 0 Å². The molecule has 4 nitrogen and oxygen atoms in total. The molecule has 0 radical (unpaired) electrons. The van der Waals surface area contributed by atoms with Crippen LogP contribution in [0.5, 0.6) is 0 Å². The third-order valence-electron chi connectivity index (χ3n) is 5.43. The number of hydrogen-bond donors (Lipinski definition) is 0. The summed E-state index contributed by atoms with van der Waals surface area (Å²) in [7, 11) is 0. The van der Waals surface area contributed by atoms with Gasteiger partial charge in [-0.25, -0.2) is 4.98 Å². The first-order chi connectivity index (χ1) is 10.3. The Morgan fingerprint density at radius 2 is 2.33 bits per heavy atom. The van der Waals surface area contributed by atoms with Crippen molar-refractivity contribution in [3.63, 3.8) is 0 Å². The molecule has 1 atom stereocenters. The van der Waals surface area contributed by atoms with Crippen molar-refractivity contribution in [1.82, 2.24) is 14.3 Å². The highest BCUT2D eigenvalue weighted by Gasteiger charge is 2.41. The predicted octanol–water partition coefficient (Wildman–Crippen LogP) is 2.89. The van der Waals surface area contributed by atoms with Crippen LogP contribution in [0.2, 0.25) is 0 Å². The van der Waals surface area contributed by atoms with Gasteiger partial charge in [-0.1, -0.05) is 0 Å². The number of imidazole rings is 1. The molecule has 5 rings (SSSR count). The van der Waals surface area contributed by atoms with Crippen molar-refractivity contribution >= 4 is 16.3 Å². The van der Waals surface area contributed by atoms with Crippen LogP contribution in [0.4, 0.5) is 0 Å². The molecule has 2 saturated heterocycles. The molecule has 0 amide bonds. The molecule has 1 saturated carbocycles. The molecule has 0 N–H and O–H groups in total. The lowest BCUT2D eigenvalue weighted by molar-refractivity contribution is 0.151. The molecular formula is C16H21N3OS. The van der Waals surface area contributed by atoms with E-state index in [0.717, 1.165) is 25.7 Å². The summed E-state index contributed by atoms with van der Waals surface area (Å²) in [5.41, 5.74) is 3.29. The second-order valence-corrected chi connectivity index (χ2v) is 7.91. The van der Waals surface area contributed by atoms with E-state index in [0.29, 0.717) is 5.41 Å². The summed E-state index contributed by atoms with van der Waals surface area (Å²) in [6, 6.07) is 0. The summed E-state index contributed by atoms with van der Waals surface area (Å²) in [5.74, 6) is 0.735. The molecule has 2 aromatic heterocycles. The fourth-order valence-corrected chi connectivity index (χ4v) is 4.78. The minimum absolute atomic E-state index is 0.457. The second-order valence-electron chi connectivity index (χ2n) is 7.04. The van der Waals surface area contributed by atoms with E-state index in [9.17, 15) is 0 Å². The number of hydrogen-bond acceptors (Lipinski definition) is 4. The lowest BCUT2D eigenvalue weighted by Crippen LogP contribution is -2.27. The summed E-state index contributed by atoms with van der Waals surface area (Å²) in [6.07, 6.45) is 7.40. The van der Waals surface area contributed by atoms with Crippen molar-refractivity contribution in [3.05, 3.63) is 23.0 Å². The van der Waals surface area contributed by atoms with Crippen LogP contribution in [0.3, 0.4) is 0 Å². The maximum atomic E-state index is 5.65. The van der Waals surface area contributed by atoms with Gasteiger partial charge < -0.3 is 4.74 Å². The van der Waals surface area contributed by atoms with Gasteiger partial charge in [0.2, 0.25) is 0 Å². The minimum atomic E-state index is 0.457. The van der Waals surface area contributed by atoms with Crippen molar-refractivity contribution < 1.29 is 4.74 Å². The highest BCUT2D eigenvalue weighted by molar-refractivity contribution is 7.15. The van der Waals surface area contributed by atoms with Gasteiger partial charge in [0.1, 0.15) is 0 Å². The Bertz CT molecular complexity index is 666. The number of likely N-dealkylation sites (tertiary alicyclic amines) is 1. The normalized spacial score (nSPS) is 30.1. The lowest BCUT2D eigenvalue weighted by Gasteiger charge is -2.22. The van der Waals surface area contributed by atoms with E-state index in [1.165, 1.54) is 55.1 Å². The molecule has 1 spiro atoms. The highest BCUT2D eigenvalue weighted by atomic mass is 32.1. The SMILES string of the molecule is c1cn2c(CN3CC[C@@]4(CCOC4)C3)c(C3CC3)nc2s1. The van der Waals surface area contributed by atoms with Crippen LogP contribution in [0, 0.1) is 5.41 Å². The molecule has 2 aliphatic heterocycles. The molecule has 3 fully saturated rings. The van der Waals surface area contributed by atoms with Crippen molar-refractivity contribution in [2.24, 2.45) is 5.41 Å². The summed E-state index contributed by atoms with van der Waals surface area (Å²) in [5, 5.41) is 2.15. The molecule has 0 bridgehead atoms. The van der Waals surface area contributed by atoms with Gasteiger partial charge in [0.25, 0.3) is 0 Å². The fraction of sp³-hybridized carbons (Fsp3) is 0.688. The first-order valence-corrected chi connectivity index (χ1v) is 8.95. The van der Waals surface area contributed by atoms with Gasteiger partial charge in [0.15, 0.2) is 4.96 Å². The Kier molecular flexibility index (Phi) is 2.73. The Hall–Kier alpha value is -0.910. The first kappa shape index (κ1) is 12.6. The Labute approximate surface area is 128 Å². The number of nitrogens with zero attached hydrogens (tertiary/aromatic N) is 3. The van der Waals surface area contributed by atoms with E-state index in [4.69, 9.17) is 9.72 Å². The number of rotatable bonds is 3. The van der Waals surface area contributed by atoms with E-state index in [2.05, 4.69) is 20.9 Å². The average Bonchev–Trinajstić information content (AvgIpc) is 2.88. The van der Waals surface area contributed by atoms with E-state index >= 15 is 0 Å². The second kappa shape index (κ2) is 4.54. The number of fused-ring (bicyclic) bond motifs is 1. The van der Waals surface area contributed by atoms with Gasteiger partial charge in [-0.05, 0) is 32.2 Å². The van der Waals surface area contributed by atoms with Crippen LogP contribution < -0.4 is 0 Å². The van der Waals surface area contributed by atoms with Gasteiger partial charge in [0.05, 0.1) is 18.0 Å². The zero-order valence-corrected chi connectivity index (χ0v) is 13.1. The molecule has 5 heteroatoms. The maximum absolute atomic E-state index is 5.65. The summed E-state index contributed by atoms with van der Waals surface area (Å²) < 4.78 is 7.98. The molecule has 21 heavy (non-hydrogen) atoms. The van der Waals surface area contributed by atoms with Crippen LogP contribution in [0.1, 0.15) is 43.0 Å². The van der Waals surface area contributed by atoms with Gasteiger partial charge in [-0.15, -0.1) is 11.3 Å². The third-order valence-corrected chi connectivity index (χ3v) is 6.19. The quantitative estimate of drug-likeness (QED) is 0.873. The van der Waals surface area contributed by atoms with Gasteiger partial charge >= 0.3 is 0 Å². The standard InChI is InChI=1S/C16H21N3OS/c1-2-12(1)14-13(19-6-8-21-15(19)17-14)9-18-5-3-16(10-18)4-7-20-11-16/h6,8,12H,1-5,7,9-11H2/t16-/m1/s1. The van der Waals surface area contributed by atoms with Crippen molar-refractivity contribution in [2.45, 2.75) is 38.1 Å². The molecule has 3 aliphatic rings. The molecule has 2 aromatic rings. The largest absolute Gasteiger partial charge is 0.381 e. The van der Waals surface area contributed by atoms with E-state index in [-0.39, 0.29) is 0 Å². The smallest absolute Gasteiger partial charge is 0.194 e. The van der Waals surface area contributed by atoms with Crippen LogP contribution in [0.15, 0.2) is 11.6 Å². The van der Waals surface area contributed by atoms with Crippen LogP contribution in [0.25, 0.3) is 4.96 Å². The monoisotopic (exact) mass is 303 g/mol. The number of thiazole rings is 1. The van der Waals surface area contributed by atoms with Crippen LogP contribution in [-0.2, 0) is 11.3 Å². The number of ether oxygens (including phenoxy) is 1. The zero-order chi connectivity index (χ0) is 13.9. The number of aromatic nitrogens is 2. The summed E-state index contributed by atoms with van der Waals surface area (Å²) >= 11 is 1.76. The van der Waals surface area contributed by atoms with Crippen LogP contribution in [-0.4, -0.2) is 40.6 Å². The molecule has 0 aromatic carbocycles. The topological polar surface area (TPSA) is 29.8 Å². The summed E-state index contributed by atoms with van der Waals surface area (Å²) in [4.78, 5) is 8.69. The van der Waals surface area contributed by atoms with Gasteiger partial charge in [0, 0.05) is 42.6 Å². The van der Waals surface area contributed by atoms with E-state index < -0.39 is 0 Å². The fourth-order valence-electron chi connectivity index (χ4n) is 4.04. The van der Waals surface area contributed by atoms with Crippen molar-refractivity contribution in [1.29, 1.82) is 0 Å². The predicted molar refractivity (Wildman–Crippen MR) is 82.8 cm³/mol. The molecule has 4 heterocycles. The highest BCUT2D eigenvalue weighted by Crippen LogP contribution is 2.43. The van der Waals surface area contributed by atoms with E-state index in [1.54, 1.807) is 11.3 Å².